The van der Waals surface area contributed by atoms with Gasteiger partial charge in [-0.05, 0) is 25.1 Å². The van der Waals surface area contributed by atoms with Gasteiger partial charge in [-0.1, -0.05) is 11.6 Å². The maximum atomic E-state index is 13.0. The highest BCUT2D eigenvalue weighted by Crippen LogP contribution is 2.29. The van der Waals surface area contributed by atoms with Crippen LogP contribution in [0.1, 0.15) is 17.3 Å². The van der Waals surface area contributed by atoms with Crippen LogP contribution < -0.4 is 5.32 Å². The zero-order valence-electron chi connectivity index (χ0n) is 17.3. The molecule has 9 nitrogen and oxygen atoms in total. The van der Waals surface area contributed by atoms with E-state index in [0.717, 1.165) is 10.9 Å². The molecule has 1 aromatic carbocycles. The Kier molecular flexibility index (Phi) is 4.81. The normalized spacial score (nSPS) is 15.2. The molecular formula is C21H19ClFN7O2. The molecule has 1 fully saturated rings. The first-order chi connectivity index (χ1) is 15.3. The lowest BCUT2D eigenvalue weighted by molar-refractivity contribution is -0.139. The van der Waals surface area contributed by atoms with Gasteiger partial charge in [0.1, 0.15) is 29.1 Å². The molecule has 1 saturated heterocycles. The fourth-order valence-corrected chi connectivity index (χ4v) is 3.98. The minimum absolute atomic E-state index is 0.0597. The Labute approximate surface area is 186 Å². The molecular weight excluding hydrogens is 437 g/mol. The average molecular weight is 456 g/mol. The van der Waals surface area contributed by atoms with Crippen molar-refractivity contribution in [2.75, 3.05) is 13.1 Å². The monoisotopic (exact) mass is 455 g/mol. The molecule has 4 heterocycles. The average Bonchev–Trinajstić information content (AvgIpc) is 3.31. The second-order valence-electron chi connectivity index (χ2n) is 7.82. The molecule has 0 spiro atoms. The Bertz CT molecular complexity index is 1380. The fraction of sp³-hybridized carbons (Fsp3) is 0.286. The molecule has 0 radical (unpaired) electrons. The maximum absolute atomic E-state index is 13.0. The molecule has 3 aromatic heterocycles. The van der Waals surface area contributed by atoms with Crippen molar-refractivity contribution in [3.05, 3.63) is 41.2 Å². The summed E-state index contributed by atoms with van der Waals surface area (Å²) < 4.78 is 14.7. The number of hydrogen-bond donors (Lipinski definition) is 2. The molecule has 0 saturated carbocycles. The SMILES string of the molecule is C[C@@H](NC(=O)c1c[nH]c2ncc(-c3nn(C)c4cc(Cl)ccc34)nc12)C(=O)N1CC(F)C1. The number of halogens is 2. The lowest BCUT2D eigenvalue weighted by Gasteiger charge is -2.36. The van der Waals surface area contributed by atoms with Crippen LogP contribution in [0.15, 0.2) is 30.6 Å². The Hall–Kier alpha value is -3.53. The number of fused-ring (bicyclic) bond motifs is 2. The Morgan fingerprint density at radius 2 is 2.12 bits per heavy atom. The van der Waals surface area contributed by atoms with E-state index in [1.807, 2.05) is 19.2 Å². The second kappa shape index (κ2) is 7.56. The van der Waals surface area contributed by atoms with Crippen molar-refractivity contribution < 1.29 is 14.0 Å². The van der Waals surface area contributed by atoms with Crippen molar-refractivity contribution in [1.82, 2.24) is 34.9 Å². The molecule has 0 aliphatic carbocycles. The molecule has 0 unspecified atom stereocenters. The third-order valence-electron chi connectivity index (χ3n) is 5.55. The topological polar surface area (TPSA) is 109 Å². The smallest absolute Gasteiger partial charge is 0.255 e. The standard InChI is InChI=1S/C21H19ClFN7O2/c1-10(21(32)30-8-12(23)9-30)26-20(31)14-6-24-19-18(14)27-15(7-25-19)17-13-4-3-11(22)5-16(13)29(2)28-17/h3-7,10,12H,8-9H2,1-2H3,(H,24,25)(H,26,31)/t10-/m1/s1. The van der Waals surface area contributed by atoms with Crippen molar-refractivity contribution in [1.29, 1.82) is 0 Å². The predicted molar refractivity (Wildman–Crippen MR) is 117 cm³/mol. The molecule has 11 heteroatoms. The predicted octanol–water partition coefficient (Wildman–Crippen LogP) is 2.46. The van der Waals surface area contributed by atoms with Crippen LogP contribution in [0.25, 0.3) is 33.5 Å². The van der Waals surface area contributed by atoms with Gasteiger partial charge in [-0.25, -0.2) is 14.4 Å². The number of nitrogens with zero attached hydrogens (tertiary/aromatic N) is 5. The number of aromatic amines is 1. The number of alkyl halides is 1. The molecule has 164 valence electrons. The number of likely N-dealkylation sites (tertiary alicyclic amines) is 1. The van der Waals surface area contributed by atoms with Crippen LogP contribution in [0.4, 0.5) is 4.39 Å². The van der Waals surface area contributed by atoms with Crippen molar-refractivity contribution in [2.45, 2.75) is 19.1 Å². The third-order valence-corrected chi connectivity index (χ3v) is 5.78. The number of amides is 2. The van der Waals surface area contributed by atoms with E-state index in [9.17, 15) is 14.0 Å². The van der Waals surface area contributed by atoms with Gasteiger partial charge in [0.15, 0.2) is 5.65 Å². The molecule has 5 rings (SSSR count). The van der Waals surface area contributed by atoms with Gasteiger partial charge in [0, 0.05) is 23.7 Å². The molecule has 32 heavy (non-hydrogen) atoms. The molecule has 1 aliphatic heterocycles. The maximum Gasteiger partial charge on any atom is 0.255 e. The van der Waals surface area contributed by atoms with Crippen LogP contribution in [-0.4, -0.2) is 66.7 Å². The quantitative estimate of drug-likeness (QED) is 0.491. The van der Waals surface area contributed by atoms with Gasteiger partial charge in [-0.2, -0.15) is 5.10 Å². The molecule has 2 N–H and O–H groups in total. The summed E-state index contributed by atoms with van der Waals surface area (Å²) in [5.41, 5.74) is 3.00. The van der Waals surface area contributed by atoms with E-state index in [0.29, 0.717) is 27.6 Å². The van der Waals surface area contributed by atoms with Gasteiger partial charge in [0.25, 0.3) is 5.91 Å². The highest BCUT2D eigenvalue weighted by Gasteiger charge is 2.33. The third kappa shape index (κ3) is 3.36. The highest BCUT2D eigenvalue weighted by atomic mass is 35.5. The van der Waals surface area contributed by atoms with E-state index in [4.69, 9.17) is 11.6 Å². The zero-order chi connectivity index (χ0) is 22.6. The minimum Gasteiger partial charge on any atom is -0.344 e. The van der Waals surface area contributed by atoms with Gasteiger partial charge in [0.05, 0.1) is 30.4 Å². The van der Waals surface area contributed by atoms with E-state index in [1.165, 1.54) is 11.1 Å². The number of hydrogen-bond acceptors (Lipinski definition) is 5. The number of carbonyl (C=O) groups excluding carboxylic acids is 2. The summed E-state index contributed by atoms with van der Waals surface area (Å²) in [5.74, 6) is -0.795. The molecule has 0 bridgehead atoms. The van der Waals surface area contributed by atoms with Crippen molar-refractivity contribution in [2.24, 2.45) is 7.05 Å². The first-order valence-corrected chi connectivity index (χ1v) is 10.4. The van der Waals surface area contributed by atoms with Crippen LogP contribution in [-0.2, 0) is 11.8 Å². The Morgan fingerprint density at radius 3 is 2.88 bits per heavy atom. The number of carbonyl (C=O) groups is 2. The van der Waals surface area contributed by atoms with Crippen LogP contribution in [0.5, 0.6) is 0 Å². The molecule has 1 aliphatic rings. The van der Waals surface area contributed by atoms with Gasteiger partial charge in [0.2, 0.25) is 5.91 Å². The number of aromatic nitrogens is 5. The summed E-state index contributed by atoms with van der Waals surface area (Å²) in [6.07, 6.45) is 2.08. The first kappa shape index (κ1) is 20.4. The van der Waals surface area contributed by atoms with Gasteiger partial charge < -0.3 is 15.2 Å². The van der Waals surface area contributed by atoms with Gasteiger partial charge >= 0.3 is 0 Å². The van der Waals surface area contributed by atoms with E-state index in [1.54, 1.807) is 23.9 Å². The lowest BCUT2D eigenvalue weighted by Crippen LogP contribution is -2.57. The van der Waals surface area contributed by atoms with E-state index in [2.05, 4.69) is 25.4 Å². The van der Waals surface area contributed by atoms with Gasteiger partial charge in [-0.3, -0.25) is 14.3 Å². The first-order valence-electron chi connectivity index (χ1n) is 10.0. The summed E-state index contributed by atoms with van der Waals surface area (Å²) in [7, 11) is 1.81. The Morgan fingerprint density at radius 1 is 1.34 bits per heavy atom. The zero-order valence-corrected chi connectivity index (χ0v) is 18.0. The largest absolute Gasteiger partial charge is 0.344 e. The summed E-state index contributed by atoms with van der Waals surface area (Å²) in [5, 5.41) is 8.66. The summed E-state index contributed by atoms with van der Waals surface area (Å²) >= 11 is 6.11. The van der Waals surface area contributed by atoms with Crippen LogP contribution in [0, 0.1) is 0 Å². The van der Waals surface area contributed by atoms with E-state index in [-0.39, 0.29) is 24.6 Å². The second-order valence-corrected chi connectivity index (χ2v) is 8.26. The summed E-state index contributed by atoms with van der Waals surface area (Å²) in [6.45, 7) is 1.69. The van der Waals surface area contributed by atoms with E-state index < -0.39 is 18.1 Å². The molecule has 2 amide bonds. The van der Waals surface area contributed by atoms with Crippen LogP contribution in [0.2, 0.25) is 5.02 Å². The lowest BCUT2D eigenvalue weighted by atomic mass is 10.1. The van der Waals surface area contributed by atoms with Crippen molar-refractivity contribution >= 4 is 45.5 Å². The number of nitrogens with one attached hydrogen (secondary N) is 2. The summed E-state index contributed by atoms with van der Waals surface area (Å²) in [4.78, 5) is 38.5. The minimum atomic E-state index is -0.997. The fourth-order valence-electron chi connectivity index (χ4n) is 3.81. The number of rotatable bonds is 4. The van der Waals surface area contributed by atoms with E-state index >= 15 is 0 Å². The molecule has 4 aromatic rings. The van der Waals surface area contributed by atoms with Crippen LogP contribution in [0.3, 0.4) is 0 Å². The Balaban J connectivity index is 1.46. The highest BCUT2D eigenvalue weighted by molar-refractivity contribution is 6.31. The number of aryl methyl sites for hydroxylation is 1. The summed E-state index contributed by atoms with van der Waals surface area (Å²) in [6, 6.07) is 4.66. The number of H-pyrrole nitrogens is 1. The van der Waals surface area contributed by atoms with Crippen molar-refractivity contribution in [3.8, 4) is 11.4 Å². The van der Waals surface area contributed by atoms with Crippen molar-refractivity contribution in [3.63, 3.8) is 0 Å². The van der Waals surface area contributed by atoms with Crippen LogP contribution >= 0.6 is 11.6 Å². The number of benzene rings is 1. The van der Waals surface area contributed by atoms with Gasteiger partial charge in [-0.15, -0.1) is 0 Å². The molecule has 1 atom stereocenters.